The third kappa shape index (κ3) is 6.53. The van der Waals surface area contributed by atoms with Gasteiger partial charge in [0.2, 0.25) is 8.32 Å². The van der Waals surface area contributed by atoms with Crippen LogP contribution in [0.25, 0.3) is 10.8 Å². The average molecular weight is 530 g/mol. The van der Waals surface area contributed by atoms with Gasteiger partial charge >= 0.3 is 12.1 Å². The maximum atomic E-state index is 12.9. The molecule has 0 aromatic heterocycles. The third-order valence-corrected chi connectivity index (χ3v) is 13.9. The number of nitrogens with one attached hydrogen (secondary N) is 1. The summed E-state index contributed by atoms with van der Waals surface area (Å²) in [6.45, 7) is 15.5. The summed E-state index contributed by atoms with van der Waals surface area (Å²) in [6, 6.07) is 13.5. The van der Waals surface area contributed by atoms with E-state index in [2.05, 4.69) is 77.2 Å². The molecule has 1 heterocycles. The van der Waals surface area contributed by atoms with Crippen LogP contribution >= 0.6 is 0 Å². The molecule has 0 spiro atoms. The van der Waals surface area contributed by atoms with Crippen molar-refractivity contribution in [3.05, 3.63) is 48.0 Å². The van der Waals surface area contributed by atoms with Crippen molar-refractivity contribution in [2.75, 3.05) is 13.2 Å². The van der Waals surface area contributed by atoms with Crippen molar-refractivity contribution >= 4 is 31.2 Å². The maximum Gasteiger partial charge on any atom is 0.405 e. The minimum Gasteiger partial charge on any atom is -0.465 e. The summed E-state index contributed by atoms with van der Waals surface area (Å²) in [5.74, 6) is -0.736. The van der Waals surface area contributed by atoms with Crippen molar-refractivity contribution in [2.45, 2.75) is 89.8 Å². The Kier molecular flexibility index (Phi) is 9.78. The second kappa shape index (κ2) is 12.4. The number of benzene rings is 2. The van der Waals surface area contributed by atoms with Crippen LogP contribution in [-0.4, -0.2) is 57.0 Å². The van der Waals surface area contributed by atoms with Gasteiger partial charge in [0.1, 0.15) is 6.10 Å². The van der Waals surface area contributed by atoms with E-state index in [9.17, 15) is 14.7 Å². The highest BCUT2D eigenvalue weighted by Gasteiger charge is 2.49. The Balaban J connectivity index is 2.06. The highest BCUT2D eigenvalue weighted by Crippen LogP contribution is 2.44. The Morgan fingerprint density at radius 1 is 1.03 bits per heavy atom. The first-order chi connectivity index (χ1) is 17.5. The smallest absolute Gasteiger partial charge is 0.405 e. The number of ether oxygens (including phenoxy) is 2. The van der Waals surface area contributed by atoms with Gasteiger partial charge < -0.3 is 24.3 Å². The largest absolute Gasteiger partial charge is 0.465 e. The molecule has 1 amide bonds. The lowest BCUT2D eigenvalue weighted by Crippen LogP contribution is -2.55. The fourth-order valence-corrected chi connectivity index (χ4v) is 11.9. The molecule has 1 fully saturated rings. The standard InChI is InChI=1S/C29H43NO6Si/c1-18(2)37(19(3)4,20(5)6)36-27-21(7)35-28(31)26(30-29(32)33)17-34-16-24(27)15-23-13-10-12-22-11-8-9-14-25(22)23/h8-14,18-21,24,26-27,30H,15-17H2,1-7H3,(H,32,33)/t21-,24-,26-,27-/m0/s1. The summed E-state index contributed by atoms with van der Waals surface area (Å²) in [7, 11) is -2.35. The van der Waals surface area contributed by atoms with Gasteiger partial charge in [-0.1, -0.05) is 84.0 Å². The molecule has 3 rings (SSSR count). The zero-order chi connectivity index (χ0) is 27.3. The molecular weight excluding hydrogens is 486 g/mol. The minimum atomic E-state index is -2.35. The van der Waals surface area contributed by atoms with Crippen LogP contribution < -0.4 is 5.32 Å². The van der Waals surface area contributed by atoms with Gasteiger partial charge in [-0.15, -0.1) is 0 Å². The van der Waals surface area contributed by atoms with E-state index in [1.807, 2.05) is 19.1 Å². The minimum absolute atomic E-state index is 0.0856. The SMILES string of the molecule is CC(C)[Si](O[C@@H]1[C@@H](Cc2cccc3ccccc23)COC[C@H](NC(=O)O)C(=O)O[C@H]1C)(C(C)C)C(C)C. The van der Waals surface area contributed by atoms with Crippen molar-refractivity contribution in [2.24, 2.45) is 5.92 Å². The van der Waals surface area contributed by atoms with Crippen LogP contribution in [0.3, 0.4) is 0 Å². The van der Waals surface area contributed by atoms with Crippen LogP contribution in [0.1, 0.15) is 54.0 Å². The van der Waals surface area contributed by atoms with Crippen LogP contribution in [0.2, 0.25) is 16.6 Å². The van der Waals surface area contributed by atoms with Crippen molar-refractivity contribution in [1.29, 1.82) is 0 Å². The van der Waals surface area contributed by atoms with Crippen molar-refractivity contribution in [3.63, 3.8) is 0 Å². The van der Waals surface area contributed by atoms with Crippen molar-refractivity contribution < 1.29 is 28.6 Å². The molecule has 0 bridgehead atoms. The van der Waals surface area contributed by atoms with Gasteiger partial charge in [0.05, 0.1) is 19.3 Å². The van der Waals surface area contributed by atoms with E-state index in [4.69, 9.17) is 13.9 Å². The Bertz CT molecular complexity index is 1040. The van der Waals surface area contributed by atoms with Crippen LogP contribution in [0.5, 0.6) is 0 Å². The molecule has 1 aliphatic rings. The quantitative estimate of drug-likeness (QED) is 0.314. The number of carboxylic acid groups (broad SMARTS) is 1. The second-order valence-corrected chi connectivity index (χ2v) is 16.6. The number of rotatable bonds is 8. The van der Waals surface area contributed by atoms with E-state index in [0.29, 0.717) is 29.7 Å². The summed E-state index contributed by atoms with van der Waals surface area (Å²) >= 11 is 0. The molecule has 2 aromatic rings. The lowest BCUT2D eigenvalue weighted by Gasteiger charge is -2.47. The first kappa shape index (κ1) is 29.1. The maximum absolute atomic E-state index is 12.9. The summed E-state index contributed by atoms with van der Waals surface area (Å²) in [5.41, 5.74) is 2.24. The fraction of sp³-hybridized carbons (Fsp3) is 0.586. The molecule has 1 aliphatic heterocycles. The molecular formula is C29H43NO6Si. The number of fused-ring (bicyclic) bond motifs is 1. The molecule has 204 valence electrons. The van der Waals surface area contributed by atoms with Gasteiger partial charge in [-0.2, -0.15) is 0 Å². The van der Waals surface area contributed by atoms with Gasteiger partial charge in [-0.25, -0.2) is 9.59 Å². The molecule has 37 heavy (non-hydrogen) atoms. The summed E-state index contributed by atoms with van der Waals surface area (Å²) in [4.78, 5) is 24.2. The van der Waals surface area contributed by atoms with Crippen LogP contribution in [0.15, 0.2) is 42.5 Å². The van der Waals surface area contributed by atoms with Crippen molar-refractivity contribution in [3.8, 4) is 0 Å². The molecule has 1 saturated heterocycles. The Labute approximate surface area is 222 Å². The van der Waals surface area contributed by atoms with Gasteiger partial charge in [0.25, 0.3) is 0 Å². The van der Waals surface area contributed by atoms with Gasteiger partial charge in [0, 0.05) is 5.92 Å². The average Bonchev–Trinajstić information content (AvgIpc) is 2.86. The molecule has 7 nitrogen and oxygen atoms in total. The molecule has 2 N–H and O–H groups in total. The highest BCUT2D eigenvalue weighted by molar-refractivity contribution is 6.77. The zero-order valence-electron chi connectivity index (χ0n) is 23.2. The van der Waals surface area contributed by atoms with Crippen LogP contribution in [0.4, 0.5) is 4.79 Å². The number of hydrogen-bond acceptors (Lipinski definition) is 5. The van der Waals surface area contributed by atoms with Gasteiger partial charge in [-0.3, -0.25) is 0 Å². The number of carbonyl (C=O) groups is 2. The normalized spacial score (nSPS) is 23.6. The Morgan fingerprint density at radius 2 is 1.65 bits per heavy atom. The van der Waals surface area contributed by atoms with E-state index in [1.165, 1.54) is 16.3 Å². The van der Waals surface area contributed by atoms with E-state index in [-0.39, 0.29) is 12.5 Å². The molecule has 0 radical (unpaired) electrons. The predicted molar refractivity (Wildman–Crippen MR) is 148 cm³/mol. The van der Waals surface area contributed by atoms with Gasteiger partial charge in [0.15, 0.2) is 6.04 Å². The number of amides is 1. The number of carbonyl (C=O) groups excluding carboxylic acids is 1. The number of hydrogen-bond donors (Lipinski definition) is 2. The molecule has 0 saturated carbocycles. The first-order valence-electron chi connectivity index (χ1n) is 13.4. The van der Waals surface area contributed by atoms with Crippen LogP contribution in [-0.2, 0) is 25.1 Å². The van der Waals surface area contributed by atoms with E-state index < -0.39 is 38.6 Å². The molecule has 0 unspecified atom stereocenters. The van der Waals surface area contributed by atoms with E-state index in [0.717, 1.165) is 0 Å². The van der Waals surface area contributed by atoms with Crippen molar-refractivity contribution in [1.82, 2.24) is 5.32 Å². The fourth-order valence-electron chi connectivity index (χ4n) is 6.23. The molecule has 4 atom stereocenters. The molecule has 0 aliphatic carbocycles. The lowest BCUT2D eigenvalue weighted by atomic mass is 9.89. The first-order valence-corrected chi connectivity index (χ1v) is 15.5. The second-order valence-electron chi connectivity index (χ2n) is 11.2. The van der Waals surface area contributed by atoms with Crippen LogP contribution in [0, 0.1) is 5.92 Å². The highest BCUT2D eigenvalue weighted by atomic mass is 28.4. The third-order valence-electron chi connectivity index (χ3n) is 7.84. The zero-order valence-corrected chi connectivity index (χ0v) is 24.2. The van der Waals surface area contributed by atoms with E-state index in [1.54, 1.807) is 0 Å². The lowest BCUT2D eigenvalue weighted by molar-refractivity contribution is -0.156. The summed E-state index contributed by atoms with van der Waals surface area (Å²) in [6.07, 6.45) is -1.58. The molecule has 2 aromatic carbocycles. The summed E-state index contributed by atoms with van der Waals surface area (Å²) in [5, 5.41) is 13.8. The van der Waals surface area contributed by atoms with E-state index >= 15 is 0 Å². The number of esters is 1. The predicted octanol–water partition coefficient (Wildman–Crippen LogP) is 6.16. The monoisotopic (exact) mass is 529 g/mol. The Hall–Kier alpha value is -2.42. The Morgan fingerprint density at radius 3 is 2.27 bits per heavy atom. The topological polar surface area (TPSA) is 94.1 Å². The summed E-state index contributed by atoms with van der Waals surface area (Å²) < 4.78 is 19.2. The number of cyclic esters (lactones) is 1. The molecule has 8 heteroatoms. The van der Waals surface area contributed by atoms with Gasteiger partial charge in [-0.05, 0) is 46.3 Å².